The number of carbonyl (C=O) groups excluding carboxylic acids is 1. The van der Waals surface area contributed by atoms with E-state index in [9.17, 15) is 9.90 Å². The molecule has 0 bridgehead atoms. The second-order valence-corrected chi connectivity index (χ2v) is 5.80. The van der Waals surface area contributed by atoms with Crippen LogP contribution >= 0.6 is 22.6 Å². The van der Waals surface area contributed by atoms with Crippen LogP contribution < -0.4 is 5.43 Å². The van der Waals surface area contributed by atoms with Crippen LogP contribution in [0.4, 0.5) is 0 Å². The van der Waals surface area contributed by atoms with Gasteiger partial charge in [-0.1, -0.05) is 18.2 Å². The monoisotopic (exact) mass is 406 g/mol. The number of nitrogens with one attached hydrogen (secondary N) is 1. The number of nitrogens with zero attached hydrogens (tertiary/aromatic N) is 1. The second kappa shape index (κ2) is 7.74. The predicted molar refractivity (Wildman–Crippen MR) is 96.2 cm³/mol. The number of benzene rings is 2. The van der Waals surface area contributed by atoms with Gasteiger partial charge in [-0.15, -0.1) is 6.58 Å². The van der Waals surface area contributed by atoms with E-state index in [4.69, 9.17) is 0 Å². The maximum atomic E-state index is 11.9. The lowest BCUT2D eigenvalue weighted by molar-refractivity contribution is 0.0955. The predicted octanol–water partition coefficient (Wildman–Crippen LogP) is 3.49. The molecule has 0 heterocycles. The van der Waals surface area contributed by atoms with E-state index in [1.165, 1.54) is 6.21 Å². The van der Waals surface area contributed by atoms with Crippen LogP contribution in [0.5, 0.6) is 5.75 Å². The fourth-order valence-electron chi connectivity index (χ4n) is 1.86. The minimum absolute atomic E-state index is 0.148. The number of allylic oxidation sites excluding steroid dienone is 1. The third-order valence-electron chi connectivity index (χ3n) is 2.99. The standard InChI is InChI=1S/C17H15IN2O2/c1-2-4-12-5-3-6-14(16(12)21)11-19-20-17(22)13-7-9-15(18)10-8-13/h2-3,5-11,21H,1,4H2,(H,20,22)/b19-11-. The normalized spacial score (nSPS) is 10.6. The van der Waals surface area contributed by atoms with Gasteiger partial charge in [-0.05, 0) is 64.9 Å². The average Bonchev–Trinajstić information content (AvgIpc) is 2.51. The van der Waals surface area contributed by atoms with Gasteiger partial charge in [-0.2, -0.15) is 5.10 Å². The number of hydrogen-bond acceptors (Lipinski definition) is 3. The Labute approximate surface area is 142 Å². The number of phenols is 1. The van der Waals surface area contributed by atoms with Gasteiger partial charge >= 0.3 is 0 Å². The molecule has 0 fully saturated rings. The molecular formula is C17H15IN2O2. The van der Waals surface area contributed by atoms with Gasteiger partial charge in [0.05, 0.1) is 6.21 Å². The molecular weight excluding hydrogens is 391 g/mol. The Morgan fingerprint density at radius 2 is 2.00 bits per heavy atom. The summed E-state index contributed by atoms with van der Waals surface area (Å²) >= 11 is 2.17. The van der Waals surface area contributed by atoms with E-state index < -0.39 is 0 Å². The van der Waals surface area contributed by atoms with Crippen molar-refractivity contribution < 1.29 is 9.90 Å². The number of halogens is 1. The smallest absolute Gasteiger partial charge is 0.271 e. The van der Waals surface area contributed by atoms with Crippen LogP contribution in [0.1, 0.15) is 21.5 Å². The van der Waals surface area contributed by atoms with Crippen LogP contribution in [-0.4, -0.2) is 17.2 Å². The molecule has 1 amide bonds. The summed E-state index contributed by atoms with van der Waals surface area (Å²) < 4.78 is 1.06. The summed E-state index contributed by atoms with van der Waals surface area (Å²) in [6.45, 7) is 3.65. The fraction of sp³-hybridized carbons (Fsp3) is 0.0588. The van der Waals surface area contributed by atoms with Crippen LogP contribution in [-0.2, 0) is 6.42 Å². The van der Waals surface area contributed by atoms with E-state index in [0.717, 1.165) is 9.13 Å². The van der Waals surface area contributed by atoms with E-state index in [2.05, 4.69) is 39.7 Å². The van der Waals surface area contributed by atoms with Crippen molar-refractivity contribution in [2.24, 2.45) is 5.10 Å². The quantitative estimate of drug-likeness (QED) is 0.346. The number of hydrazone groups is 1. The molecule has 0 aliphatic rings. The minimum atomic E-state index is -0.297. The number of phenolic OH excluding ortho intramolecular Hbond substituents is 1. The Morgan fingerprint density at radius 1 is 1.27 bits per heavy atom. The molecule has 0 spiro atoms. The van der Waals surface area contributed by atoms with Crippen LogP contribution in [0.2, 0.25) is 0 Å². The number of hydrogen-bond donors (Lipinski definition) is 2. The summed E-state index contributed by atoms with van der Waals surface area (Å²) in [7, 11) is 0. The molecule has 0 saturated carbocycles. The van der Waals surface area contributed by atoms with Crippen molar-refractivity contribution in [1.82, 2.24) is 5.43 Å². The molecule has 2 rings (SSSR count). The Morgan fingerprint density at radius 3 is 2.68 bits per heavy atom. The van der Waals surface area contributed by atoms with Gasteiger partial charge in [0.15, 0.2) is 0 Å². The molecule has 0 atom stereocenters. The van der Waals surface area contributed by atoms with Crippen molar-refractivity contribution in [2.45, 2.75) is 6.42 Å². The molecule has 22 heavy (non-hydrogen) atoms. The molecule has 0 aliphatic carbocycles. The van der Waals surface area contributed by atoms with Gasteiger partial charge in [0.25, 0.3) is 5.91 Å². The number of aromatic hydroxyl groups is 1. The van der Waals surface area contributed by atoms with Crippen molar-refractivity contribution in [3.05, 3.63) is 75.4 Å². The van der Waals surface area contributed by atoms with Gasteiger partial charge in [0, 0.05) is 14.7 Å². The van der Waals surface area contributed by atoms with E-state index in [1.807, 2.05) is 24.3 Å². The molecule has 0 aromatic heterocycles. The van der Waals surface area contributed by atoms with Crippen LogP contribution in [0, 0.1) is 3.57 Å². The van der Waals surface area contributed by atoms with Crippen molar-refractivity contribution in [3.8, 4) is 5.75 Å². The maximum Gasteiger partial charge on any atom is 0.271 e. The highest BCUT2D eigenvalue weighted by molar-refractivity contribution is 14.1. The molecule has 4 nitrogen and oxygen atoms in total. The first-order chi connectivity index (χ1) is 10.6. The first-order valence-corrected chi connectivity index (χ1v) is 7.70. The molecule has 5 heteroatoms. The number of para-hydroxylation sites is 1. The van der Waals surface area contributed by atoms with Gasteiger partial charge < -0.3 is 5.11 Å². The highest BCUT2D eigenvalue weighted by Gasteiger charge is 2.05. The molecule has 112 valence electrons. The van der Waals surface area contributed by atoms with Crippen molar-refractivity contribution >= 4 is 34.7 Å². The van der Waals surface area contributed by atoms with Gasteiger partial charge in [-0.25, -0.2) is 5.43 Å². The third kappa shape index (κ3) is 4.17. The Hall–Kier alpha value is -2.15. The lowest BCUT2D eigenvalue weighted by Crippen LogP contribution is -2.17. The van der Waals surface area contributed by atoms with Crippen molar-refractivity contribution in [1.29, 1.82) is 0 Å². The van der Waals surface area contributed by atoms with Gasteiger partial charge in [-0.3, -0.25) is 4.79 Å². The first-order valence-electron chi connectivity index (χ1n) is 6.62. The third-order valence-corrected chi connectivity index (χ3v) is 3.71. The van der Waals surface area contributed by atoms with Crippen LogP contribution in [0.15, 0.2) is 60.2 Å². The summed E-state index contributed by atoms with van der Waals surface area (Å²) in [5, 5.41) is 14.0. The summed E-state index contributed by atoms with van der Waals surface area (Å²) in [6, 6.07) is 12.5. The lowest BCUT2D eigenvalue weighted by Gasteiger charge is -2.04. The largest absolute Gasteiger partial charge is 0.507 e. The zero-order valence-electron chi connectivity index (χ0n) is 11.8. The number of rotatable bonds is 5. The molecule has 0 aliphatic heterocycles. The molecule has 2 aromatic carbocycles. The second-order valence-electron chi connectivity index (χ2n) is 4.55. The van der Waals surface area contributed by atoms with Crippen molar-refractivity contribution in [3.63, 3.8) is 0 Å². The van der Waals surface area contributed by atoms with Crippen LogP contribution in [0.3, 0.4) is 0 Å². The summed E-state index contributed by atoms with van der Waals surface area (Å²) in [4.78, 5) is 11.9. The summed E-state index contributed by atoms with van der Waals surface area (Å²) in [5.41, 5.74) is 4.28. The van der Waals surface area contributed by atoms with Crippen LogP contribution in [0.25, 0.3) is 0 Å². The molecule has 2 N–H and O–H groups in total. The topological polar surface area (TPSA) is 61.7 Å². The lowest BCUT2D eigenvalue weighted by atomic mass is 10.1. The van der Waals surface area contributed by atoms with Gasteiger partial charge in [0.1, 0.15) is 5.75 Å². The Bertz CT molecular complexity index is 709. The zero-order chi connectivity index (χ0) is 15.9. The SMILES string of the molecule is C=CCc1cccc(/C=N\NC(=O)c2ccc(I)cc2)c1O. The summed E-state index contributed by atoms with van der Waals surface area (Å²) in [6.07, 6.45) is 3.71. The number of carbonyl (C=O) groups is 1. The molecule has 0 saturated heterocycles. The Kier molecular flexibility index (Phi) is 5.71. The molecule has 0 radical (unpaired) electrons. The highest BCUT2D eigenvalue weighted by atomic mass is 127. The highest BCUT2D eigenvalue weighted by Crippen LogP contribution is 2.21. The molecule has 2 aromatic rings. The minimum Gasteiger partial charge on any atom is -0.507 e. The van der Waals surface area contributed by atoms with Crippen molar-refractivity contribution in [2.75, 3.05) is 0 Å². The Balaban J connectivity index is 2.06. The number of amides is 1. The van der Waals surface area contributed by atoms with E-state index in [-0.39, 0.29) is 11.7 Å². The maximum absolute atomic E-state index is 11.9. The molecule has 0 unspecified atom stereocenters. The summed E-state index contributed by atoms with van der Waals surface area (Å²) in [5.74, 6) is -0.149. The van der Waals surface area contributed by atoms with E-state index in [1.54, 1.807) is 24.3 Å². The average molecular weight is 406 g/mol. The fourth-order valence-corrected chi connectivity index (χ4v) is 2.22. The van der Waals surface area contributed by atoms with E-state index >= 15 is 0 Å². The first kappa shape index (κ1) is 16.2. The zero-order valence-corrected chi connectivity index (χ0v) is 13.9. The van der Waals surface area contributed by atoms with E-state index in [0.29, 0.717) is 17.5 Å². The van der Waals surface area contributed by atoms with Gasteiger partial charge in [0.2, 0.25) is 0 Å².